The van der Waals surface area contributed by atoms with Crippen LogP contribution < -0.4 is 14.7 Å². The second-order valence-electron chi connectivity index (χ2n) is 13.9. The zero-order chi connectivity index (χ0) is 45.4. The summed E-state index contributed by atoms with van der Waals surface area (Å²) in [6.07, 6.45) is 1.06. The van der Waals surface area contributed by atoms with Gasteiger partial charge in [0.05, 0.1) is 0 Å². The molecule has 0 bridgehead atoms. The van der Waals surface area contributed by atoms with Crippen LogP contribution in [0, 0.1) is 18.1 Å². The molecule has 4 aromatic rings. The molecule has 4 aromatic carbocycles. The zero-order valence-corrected chi connectivity index (χ0v) is 45.9. The van der Waals surface area contributed by atoms with Gasteiger partial charge in [-0.05, 0) is 28.9 Å². The monoisotopic (exact) mass is 945 g/mol. The van der Waals surface area contributed by atoms with Crippen molar-refractivity contribution in [2.24, 2.45) is 5.92 Å². The van der Waals surface area contributed by atoms with Crippen molar-refractivity contribution in [2.45, 2.75) is 205 Å². The van der Waals surface area contributed by atoms with Gasteiger partial charge in [0.1, 0.15) is 0 Å². The molecule has 8 rings (SSSR count). The largest absolute Gasteiger partial charge is 0.377 e. The maximum absolute atomic E-state index is 3.90. The number of benzene rings is 4. The van der Waals surface area contributed by atoms with Crippen molar-refractivity contribution in [1.29, 1.82) is 0 Å². The molecule has 0 saturated carbocycles. The van der Waals surface area contributed by atoms with E-state index in [1.165, 1.54) is 78.5 Å². The number of hydrogen-bond donors (Lipinski definition) is 0. The summed E-state index contributed by atoms with van der Waals surface area (Å²) in [5.74, 6) is 1.34. The van der Waals surface area contributed by atoms with Gasteiger partial charge in [-0.25, -0.2) is 0 Å². The van der Waals surface area contributed by atoms with Gasteiger partial charge in [-0.3, -0.25) is 0 Å². The fourth-order valence-electron chi connectivity index (χ4n) is 9.51. The standard InChI is InChI=1S/C39H41N3.8C2H6.4CH4.Y/c1-21(2)31-36(40(6)7)32-23(4)26-15-12-18-29-34(26)42-35-27(24(5)33(38(32)42)37(31)41(8)9)16-13-19-30(35)39(29)22(3)20-25-14-10-11-17-28(25)39;8*1-2;;;;;/h10-16,18,21-24H,20H2,1-9H3;8*1-2H3;4*1H4;/q-2;;;;;;;;;;;;;/t22?,23-,24+,39?;;;;;;;;;;;;;/m0............./s1. The van der Waals surface area contributed by atoms with Crippen LogP contribution in [0.5, 0.6) is 0 Å². The van der Waals surface area contributed by atoms with Gasteiger partial charge in [-0.1, -0.05) is 205 Å². The molecule has 1 radical (unpaired) electrons. The van der Waals surface area contributed by atoms with Crippen LogP contribution in [0.3, 0.4) is 0 Å². The second kappa shape index (κ2) is 33.8. The van der Waals surface area contributed by atoms with Crippen LogP contribution in [0.15, 0.2) is 48.5 Å². The van der Waals surface area contributed by atoms with E-state index in [0.717, 1.165) is 6.42 Å². The molecule has 4 atom stereocenters. The van der Waals surface area contributed by atoms with Gasteiger partial charge < -0.3 is 14.7 Å². The third-order valence-electron chi connectivity index (χ3n) is 11.0. The average Bonchev–Trinajstić information content (AvgIpc) is 3.58. The van der Waals surface area contributed by atoms with Crippen molar-refractivity contribution in [3.05, 3.63) is 111 Å². The van der Waals surface area contributed by atoms with Crippen molar-refractivity contribution in [1.82, 2.24) is 0 Å². The van der Waals surface area contributed by atoms with Crippen LogP contribution in [-0.4, -0.2) is 28.2 Å². The Bertz CT molecular complexity index is 1720. The summed E-state index contributed by atoms with van der Waals surface area (Å²) in [7, 11) is 8.94. The van der Waals surface area contributed by atoms with E-state index in [1.54, 1.807) is 0 Å². The third-order valence-corrected chi connectivity index (χ3v) is 11.0. The number of fused-ring (bicyclic) bond motifs is 4. The van der Waals surface area contributed by atoms with Gasteiger partial charge in [0.2, 0.25) is 0 Å². The van der Waals surface area contributed by atoms with Crippen LogP contribution in [0.25, 0.3) is 0 Å². The predicted molar refractivity (Wildman–Crippen MR) is 293 cm³/mol. The molecule has 0 N–H and O–H groups in total. The first-order chi connectivity index (χ1) is 28.1. The Morgan fingerprint density at radius 3 is 1.41 bits per heavy atom. The maximum Gasteiger partial charge on any atom is 0.0476 e. The van der Waals surface area contributed by atoms with Gasteiger partial charge >= 0.3 is 0 Å². The average molecular weight is 945 g/mol. The Morgan fingerprint density at radius 2 is 0.984 bits per heavy atom. The van der Waals surface area contributed by atoms with Crippen LogP contribution in [0.4, 0.5) is 28.4 Å². The van der Waals surface area contributed by atoms with E-state index >= 15 is 0 Å². The molecule has 3 nitrogen and oxygen atoms in total. The molecule has 3 aliphatic heterocycles. The molecule has 63 heavy (non-hydrogen) atoms. The van der Waals surface area contributed by atoms with E-state index in [4.69, 9.17) is 0 Å². The molecule has 361 valence electrons. The van der Waals surface area contributed by atoms with Crippen molar-refractivity contribution in [3.8, 4) is 0 Å². The van der Waals surface area contributed by atoms with E-state index in [-0.39, 0.29) is 79.7 Å². The molecule has 1 spiro atoms. The Labute approximate surface area is 422 Å². The van der Waals surface area contributed by atoms with E-state index in [0.29, 0.717) is 11.8 Å². The molecule has 3 heterocycles. The summed E-state index contributed by atoms with van der Waals surface area (Å²) in [5, 5.41) is 0. The summed E-state index contributed by atoms with van der Waals surface area (Å²) in [6, 6.07) is 26.0. The minimum absolute atomic E-state index is 0. The fraction of sp³-hybridized carbons (Fsp3) is 0.593. The van der Waals surface area contributed by atoms with Gasteiger partial charge in [-0.15, -0.1) is 16.7 Å². The normalized spacial score (nSPS) is 16.6. The maximum atomic E-state index is 3.90. The molecule has 4 aliphatic rings. The summed E-state index contributed by atoms with van der Waals surface area (Å²) in [5.41, 5.74) is 19.5. The first kappa shape index (κ1) is 72.0. The topological polar surface area (TPSA) is 9.72 Å². The molecule has 0 amide bonds. The number of rotatable bonds is 3. The van der Waals surface area contributed by atoms with Crippen molar-refractivity contribution < 1.29 is 32.7 Å². The van der Waals surface area contributed by atoms with Gasteiger partial charge in [-0.2, -0.15) is 48.0 Å². The molecular formula is C59H105N3Y-2. The minimum Gasteiger partial charge on any atom is -0.377 e. The van der Waals surface area contributed by atoms with Crippen LogP contribution in [0.1, 0.15) is 243 Å². The summed E-state index contributed by atoms with van der Waals surface area (Å²) < 4.78 is 0. The van der Waals surface area contributed by atoms with E-state index in [2.05, 4.69) is 138 Å². The molecule has 0 aromatic heterocycles. The summed E-state index contributed by atoms with van der Waals surface area (Å²) in [4.78, 5) is 7.47. The third kappa shape index (κ3) is 11.9. The Balaban J connectivity index is -0.000000351. The molecule has 0 fully saturated rings. The summed E-state index contributed by atoms with van der Waals surface area (Å²) in [6.45, 7) is 44.1. The molecule has 0 saturated heterocycles. The SMILES string of the molecule is C.C.C.C.CC.CC.CC.CC.CC.CC.CC.CC.CC(C)c1c(N(C)C)c2c3c(c1N(C)C)[C@@H](C)c1cccc4c1N3c1c([c-]ccc1[C@H]2C)C41c2[c-]cccc2CC1C.[Y]. The van der Waals surface area contributed by atoms with E-state index in [1.807, 2.05) is 111 Å². The van der Waals surface area contributed by atoms with Crippen LogP contribution in [-0.2, 0) is 44.5 Å². The predicted octanol–water partition coefficient (Wildman–Crippen LogP) is 19.5. The van der Waals surface area contributed by atoms with Gasteiger partial charge in [0.15, 0.2) is 0 Å². The molecule has 2 unspecified atom stereocenters. The van der Waals surface area contributed by atoms with Gasteiger partial charge in [0.25, 0.3) is 0 Å². The van der Waals surface area contributed by atoms with Gasteiger partial charge in [0, 0.05) is 112 Å². The smallest absolute Gasteiger partial charge is 0.0476 e. The molecule has 4 heteroatoms. The Hall–Kier alpha value is -2.62. The molecule has 1 aliphatic carbocycles. The molecular weight excluding hydrogens is 840 g/mol. The van der Waals surface area contributed by atoms with Crippen molar-refractivity contribution >= 4 is 28.4 Å². The Kier molecular flexibility index (Phi) is 38.6. The number of hydrogen-bond acceptors (Lipinski definition) is 3. The minimum atomic E-state index is -0.259. The zero-order valence-electron chi connectivity index (χ0n) is 43.1. The van der Waals surface area contributed by atoms with E-state index in [9.17, 15) is 0 Å². The number of para-hydroxylation sites is 1. The van der Waals surface area contributed by atoms with Crippen molar-refractivity contribution in [3.63, 3.8) is 0 Å². The fourth-order valence-corrected chi connectivity index (χ4v) is 9.51. The first-order valence-corrected chi connectivity index (χ1v) is 23.7. The van der Waals surface area contributed by atoms with Crippen molar-refractivity contribution in [2.75, 3.05) is 42.9 Å². The number of nitrogens with zero attached hydrogens (tertiary/aromatic N) is 3. The first-order valence-electron chi connectivity index (χ1n) is 23.7. The Morgan fingerprint density at radius 1 is 0.556 bits per heavy atom. The van der Waals surface area contributed by atoms with Crippen LogP contribution >= 0.6 is 0 Å². The number of anilines is 5. The quantitative estimate of drug-likeness (QED) is 0.190. The second-order valence-corrected chi connectivity index (χ2v) is 13.9. The van der Waals surface area contributed by atoms with Crippen LogP contribution in [0.2, 0.25) is 0 Å². The van der Waals surface area contributed by atoms with E-state index < -0.39 is 0 Å². The summed E-state index contributed by atoms with van der Waals surface area (Å²) >= 11 is 0.